The largest absolute Gasteiger partial charge is 0.0651 e. The fourth-order valence-corrected chi connectivity index (χ4v) is 4.21. The van der Waals surface area contributed by atoms with Crippen molar-refractivity contribution in [3.8, 4) is 0 Å². The molecule has 0 heterocycles. The van der Waals surface area contributed by atoms with Crippen molar-refractivity contribution >= 4 is 0 Å². The first-order chi connectivity index (χ1) is 8.43. The summed E-state index contributed by atoms with van der Waals surface area (Å²) in [5.41, 5.74) is 0. The lowest BCUT2D eigenvalue weighted by atomic mass is 9.59. The van der Waals surface area contributed by atoms with Crippen LogP contribution in [0.2, 0.25) is 0 Å². The maximum Gasteiger partial charge on any atom is -0.0355 e. The lowest BCUT2D eigenvalue weighted by Crippen LogP contribution is -2.38. The van der Waals surface area contributed by atoms with Gasteiger partial charge in [0.15, 0.2) is 0 Å². The molecule has 1 fully saturated rings. The van der Waals surface area contributed by atoms with E-state index in [1.54, 1.807) is 0 Å². The smallest absolute Gasteiger partial charge is 0.0355 e. The molecule has 1 aliphatic rings. The summed E-state index contributed by atoms with van der Waals surface area (Å²) in [5, 5.41) is 0. The van der Waals surface area contributed by atoms with Gasteiger partial charge in [0.2, 0.25) is 0 Å². The highest BCUT2D eigenvalue weighted by Gasteiger charge is 2.39. The van der Waals surface area contributed by atoms with Gasteiger partial charge >= 0.3 is 0 Å². The van der Waals surface area contributed by atoms with Gasteiger partial charge in [-0.2, -0.15) is 0 Å². The number of hydrogen-bond donors (Lipinski definition) is 0. The molecule has 0 aromatic rings. The van der Waals surface area contributed by atoms with E-state index in [1.165, 1.54) is 25.7 Å². The van der Waals surface area contributed by atoms with Crippen molar-refractivity contribution in [3.63, 3.8) is 0 Å². The van der Waals surface area contributed by atoms with Crippen molar-refractivity contribution in [1.82, 2.24) is 0 Å². The third-order valence-electron chi connectivity index (χ3n) is 6.41. The van der Waals surface area contributed by atoms with Crippen LogP contribution in [0, 0.1) is 41.4 Å². The topological polar surface area (TPSA) is 0 Å². The average Bonchev–Trinajstić information content (AvgIpc) is 2.31. The van der Waals surface area contributed by atoms with Crippen LogP contribution in [0.5, 0.6) is 0 Å². The van der Waals surface area contributed by atoms with Crippen LogP contribution in [0.3, 0.4) is 0 Å². The second-order valence-electron chi connectivity index (χ2n) is 7.30. The lowest BCUT2D eigenvalue weighted by molar-refractivity contribution is 0.0334. The summed E-state index contributed by atoms with van der Waals surface area (Å²) in [6.45, 7) is 17.0. The molecule has 108 valence electrons. The van der Waals surface area contributed by atoms with E-state index in [2.05, 4.69) is 48.5 Å². The second-order valence-corrected chi connectivity index (χ2v) is 7.30. The van der Waals surface area contributed by atoms with Gasteiger partial charge in [0.25, 0.3) is 0 Å². The first-order valence-electron chi connectivity index (χ1n) is 8.43. The molecule has 18 heavy (non-hydrogen) atoms. The van der Waals surface area contributed by atoms with Crippen LogP contribution in [0.4, 0.5) is 0 Å². The maximum atomic E-state index is 2.53. The zero-order valence-corrected chi connectivity index (χ0v) is 13.9. The fraction of sp³-hybridized carbons (Fsp3) is 1.00. The third-order valence-corrected chi connectivity index (χ3v) is 6.41. The standard InChI is InChI=1S/C18H36/c1-8-16-10-11-18(16)17(9-2)15(7)14(6)13(5)12(3)4/h12-18H,8-11H2,1-7H3. The van der Waals surface area contributed by atoms with E-state index in [-0.39, 0.29) is 0 Å². The van der Waals surface area contributed by atoms with E-state index in [0.29, 0.717) is 0 Å². The molecule has 6 unspecified atom stereocenters. The molecule has 0 N–H and O–H groups in total. The molecular formula is C18H36. The van der Waals surface area contributed by atoms with E-state index in [4.69, 9.17) is 0 Å². The Morgan fingerprint density at radius 2 is 1.44 bits per heavy atom. The van der Waals surface area contributed by atoms with Crippen LogP contribution in [-0.2, 0) is 0 Å². The van der Waals surface area contributed by atoms with Gasteiger partial charge in [-0.15, -0.1) is 0 Å². The van der Waals surface area contributed by atoms with Gasteiger partial charge in [0.1, 0.15) is 0 Å². The van der Waals surface area contributed by atoms with E-state index in [1.807, 2.05) is 0 Å². The summed E-state index contributed by atoms with van der Waals surface area (Å²) in [6, 6.07) is 0. The van der Waals surface area contributed by atoms with Crippen molar-refractivity contribution in [2.24, 2.45) is 41.4 Å². The Morgan fingerprint density at radius 3 is 1.78 bits per heavy atom. The zero-order valence-electron chi connectivity index (χ0n) is 13.9. The van der Waals surface area contributed by atoms with Gasteiger partial charge in [0, 0.05) is 0 Å². The Labute approximate surface area is 116 Å². The molecule has 0 spiro atoms. The zero-order chi connectivity index (χ0) is 13.9. The predicted molar refractivity (Wildman–Crippen MR) is 82.6 cm³/mol. The molecule has 1 saturated carbocycles. The second kappa shape index (κ2) is 6.96. The van der Waals surface area contributed by atoms with Gasteiger partial charge in [-0.3, -0.25) is 0 Å². The molecule has 1 aliphatic carbocycles. The third kappa shape index (κ3) is 3.31. The Bertz CT molecular complexity index is 228. The molecule has 1 rings (SSSR count). The Kier molecular flexibility index (Phi) is 6.21. The van der Waals surface area contributed by atoms with Crippen LogP contribution < -0.4 is 0 Å². The normalized spacial score (nSPS) is 30.7. The van der Waals surface area contributed by atoms with Gasteiger partial charge in [-0.1, -0.05) is 61.3 Å². The van der Waals surface area contributed by atoms with Crippen LogP contribution in [-0.4, -0.2) is 0 Å². The van der Waals surface area contributed by atoms with Gasteiger partial charge in [-0.25, -0.2) is 0 Å². The van der Waals surface area contributed by atoms with Crippen LogP contribution in [0.1, 0.15) is 74.1 Å². The van der Waals surface area contributed by atoms with Crippen LogP contribution in [0.25, 0.3) is 0 Å². The van der Waals surface area contributed by atoms with Crippen molar-refractivity contribution in [1.29, 1.82) is 0 Å². The van der Waals surface area contributed by atoms with Gasteiger partial charge in [-0.05, 0) is 54.3 Å². The maximum absolute atomic E-state index is 2.53. The quantitative estimate of drug-likeness (QED) is 0.520. The van der Waals surface area contributed by atoms with Crippen LogP contribution >= 0.6 is 0 Å². The lowest BCUT2D eigenvalue weighted by Gasteiger charge is -2.46. The molecule has 0 amide bonds. The fourth-order valence-electron chi connectivity index (χ4n) is 4.21. The Balaban J connectivity index is 2.64. The molecule has 0 radical (unpaired) electrons. The first-order valence-corrected chi connectivity index (χ1v) is 8.43. The summed E-state index contributed by atoms with van der Waals surface area (Å²) in [5.74, 6) is 6.49. The molecule has 0 aliphatic heterocycles. The molecule has 0 aromatic carbocycles. The first kappa shape index (κ1) is 16.1. The summed E-state index contributed by atoms with van der Waals surface area (Å²) in [7, 11) is 0. The highest BCUT2D eigenvalue weighted by atomic mass is 14.4. The Morgan fingerprint density at radius 1 is 0.833 bits per heavy atom. The highest BCUT2D eigenvalue weighted by molar-refractivity contribution is 4.88. The Hall–Kier alpha value is 0. The molecule has 0 bridgehead atoms. The number of hydrogen-bond acceptors (Lipinski definition) is 0. The summed E-state index contributed by atoms with van der Waals surface area (Å²) in [6.07, 6.45) is 5.79. The van der Waals surface area contributed by atoms with Gasteiger partial charge < -0.3 is 0 Å². The average molecular weight is 252 g/mol. The minimum absolute atomic E-state index is 0.823. The summed E-state index contributed by atoms with van der Waals surface area (Å²) in [4.78, 5) is 0. The van der Waals surface area contributed by atoms with Crippen LogP contribution in [0.15, 0.2) is 0 Å². The summed E-state index contributed by atoms with van der Waals surface area (Å²) >= 11 is 0. The van der Waals surface area contributed by atoms with E-state index in [9.17, 15) is 0 Å². The SMILES string of the molecule is CCC1CCC1C(CC)C(C)C(C)C(C)C(C)C. The van der Waals surface area contributed by atoms with E-state index in [0.717, 1.165) is 41.4 Å². The molecule has 0 nitrogen and oxygen atoms in total. The number of rotatable bonds is 7. The van der Waals surface area contributed by atoms with Crippen molar-refractivity contribution in [3.05, 3.63) is 0 Å². The van der Waals surface area contributed by atoms with Crippen molar-refractivity contribution < 1.29 is 0 Å². The highest BCUT2D eigenvalue weighted by Crippen LogP contribution is 2.48. The minimum Gasteiger partial charge on any atom is -0.0651 e. The van der Waals surface area contributed by atoms with Crippen molar-refractivity contribution in [2.45, 2.75) is 74.1 Å². The van der Waals surface area contributed by atoms with Gasteiger partial charge in [0.05, 0.1) is 0 Å². The molecule has 6 atom stereocenters. The molecule has 0 heteroatoms. The molecule has 0 saturated heterocycles. The van der Waals surface area contributed by atoms with E-state index < -0.39 is 0 Å². The predicted octanol–water partition coefficient (Wildman–Crippen LogP) is 6.01. The molecular weight excluding hydrogens is 216 g/mol. The van der Waals surface area contributed by atoms with E-state index >= 15 is 0 Å². The summed E-state index contributed by atoms with van der Waals surface area (Å²) < 4.78 is 0. The monoisotopic (exact) mass is 252 g/mol. The van der Waals surface area contributed by atoms with Crippen molar-refractivity contribution in [2.75, 3.05) is 0 Å². The molecule has 0 aromatic heterocycles. The minimum atomic E-state index is 0.823.